The van der Waals surface area contributed by atoms with E-state index in [0.717, 1.165) is 12.1 Å². The Hall–Kier alpha value is -2.18. The van der Waals surface area contributed by atoms with E-state index < -0.39 is 17.6 Å². The molecule has 116 valence electrons. The first kappa shape index (κ1) is 16.9. The lowest BCUT2D eigenvalue weighted by Crippen LogP contribution is -2.29. The van der Waals surface area contributed by atoms with E-state index in [1.165, 1.54) is 18.0 Å². The van der Waals surface area contributed by atoms with Crippen LogP contribution in [0.3, 0.4) is 0 Å². The van der Waals surface area contributed by atoms with E-state index in [0.29, 0.717) is 6.42 Å². The minimum Gasteiger partial charge on any atom is -0.491 e. The molecule has 0 aromatic heterocycles. The van der Waals surface area contributed by atoms with Crippen molar-refractivity contribution in [3.05, 3.63) is 29.8 Å². The monoisotopic (exact) mass is 301 g/mol. The van der Waals surface area contributed by atoms with Crippen LogP contribution in [0.15, 0.2) is 18.2 Å². The Morgan fingerprint density at radius 2 is 2.00 bits per heavy atom. The van der Waals surface area contributed by atoms with Gasteiger partial charge in [0, 0.05) is 26.1 Å². The normalized spacial score (nSPS) is 10.2. The quantitative estimate of drug-likeness (QED) is 0.746. The van der Waals surface area contributed by atoms with Crippen LogP contribution in [0.1, 0.15) is 19.3 Å². The average molecular weight is 301 g/mol. The molecular formula is C14H17F2NO4. The van der Waals surface area contributed by atoms with Gasteiger partial charge in [0.05, 0.1) is 13.0 Å². The van der Waals surface area contributed by atoms with E-state index >= 15 is 0 Å². The zero-order chi connectivity index (χ0) is 15.8. The van der Waals surface area contributed by atoms with Gasteiger partial charge in [-0.1, -0.05) is 0 Å². The number of rotatable bonds is 8. The maximum atomic E-state index is 13.2. The van der Waals surface area contributed by atoms with Gasteiger partial charge in [0.1, 0.15) is 5.82 Å². The average Bonchev–Trinajstić information content (AvgIpc) is 2.42. The molecule has 0 radical (unpaired) electrons. The molecule has 0 atom stereocenters. The van der Waals surface area contributed by atoms with Crippen molar-refractivity contribution in [1.29, 1.82) is 0 Å². The predicted molar refractivity (Wildman–Crippen MR) is 71.0 cm³/mol. The van der Waals surface area contributed by atoms with E-state index in [1.807, 2.05) is 0 Å². The predicted octanol–water partition coefficient (Wildman–Crippen LogP) is 2.06. The summed E-state index contributed by atoms with van der Waals surface area (Å²) in [6.45, 7) is 0.253. The Bertz CT molecular complexity index is 508. The van der Waals surface area contributed by atoms with E-state index in [2.05, 4.69) is 0 Å². The molecule has 0 bridgehead atoms. The summed E-state index contributed by atoms with van der Waals surface area (Å²) < 4.78 is 31.0. The third kappa shape index (κ3) is 6.20. The van der Waals surface area contributed by atoms with Crippen molar-refractivity contribution in [2.24, 2.45) is 0 Å². The molecule has 0 fully saturated rings. The molecule has 1 aromatic carbocycles. The highest BCUT2D eigenvalue weighted by Crippen LogP contribution is 2.17. The SMILES string of the molecule is CN(CCC(=O)O)C(=O)CCCOc1ccc(F)cc1F. The molecule has 0 saturated carbocycles. The van der Waals surface area contributed by atoms with Crippen LogP contribution in [0.4, 0.5) is 8.78 Å². The molecule has 1 rings (SSSR count). The van der Waals surface area contributed by atoms with Crippen LogP contribution >= 0.6 is 0 Å². The van der Waals surface area contributed by atoms with Gasteiger partial charge in [-0.15, -0.1) is 0 Å². The summed E-state index contributed by atoms with van der Waals surface area (Å²) in [5, 5.41) is 8.51. The number of hydrogen-bond acceptors (Lipinski definition) is 3. The molecule has 21 heavy (non-hydrogen) atoms. The maximum Gasteiger partial charge on any atom is 0.305 e. The Labute approximate surface area is 121 Å². The third-order valence-corrected chi connectivity index (χ3v) is 2.77. The van der Waals surface area contributed by atoms with Gasteiger partial charge < -0.3 is 14.7 Å². The fraction of sp³-hybridized carbons (Fsp3) is 0.429. The molecule has 0 heterocycles. The van der Waals surface area contributed by atoms with Crippen LogP contribution in [0.2, 0.25) is 0 Å². The second kappa shape index (κ2) is 8.18. The number of carboxylic acid groups (broad SMARTS) is 1. The van der Waals surface area contributed by atoms with Crippen LogP contribution < -0.4 is 4.74 Å². The van der Waals surface area contributed by atoms with E-state index in [1.54, 1.807) is 0 Å². The first-order valence-electron chi connectivity index (χ1n) is 6.43. The minimum absolute atomic E-state index is 0.0666. The number of aliphatic carboxylic acids is 1. The molecular weight excluding hydrogens is 284 g/mol. The van der Waals surface area contributed by atoms with Crippen molar-refractivity contribution < 1.29 is 28.2 Å². The summed E-state index contributed by atoms with van der Waals surface area (Å²) in [4.78, 5) is 23.3. The second-order valence-corrected chi connectivity index (χ2v) is 4.49. The van der Waals surface area contributed by atoms with Crippen molar-refractivity contribution in [2.45, 2.75) is 19.3 Å². The van der Waals surface area contributed by atoms with Crippen LogP contribution in [0, 0.1) is 11.6 Å². The van der Waals surface area contributed by atoms with Gasteiger partial charge in [-0.05, 0) is 18.6 Å². The van der Waals surface area contributed by atoms with Gasteiger partial charge >= 0.3 is 5.97 Å². The summed E-state index contributed by atoms with van der Waals surface area (Å²) in [7, 11) is 1.52. The van der Waals surface area contributed by atoms with E-state index in [4.69, 9.17) is 9.84 Å². The van der Waals surface area contributed by atoms with Gasteiger partial charge in [0.25, 0.3) is 0 Å². The number of amides is 1. The number of hydrogen-bond donors (Lipinski definition) is 1. The van der Waals surface area contributed by atoms with Crippen molar-refractivity contribution in [3.8, 4) is 5.75 Å². The fourth-order valence-corrected chi connectivity index (χ4v) is 1.58. The summed E-state index contributed by atoms with van der Waals surface area (Å²) in [6.07, 6.45) is 0.408. The largest absolute Gasteiger partial charge is 0.491 e. The molecule has 0 aliphatic rings. The van der Waals surface area contributed by atoms with Crippen LogP contribution in [0.5, 0.6) is 5.75 Å². The van der Waals surface area contributed by atoms with Gasteiger partial charge in [-0.25, -0.2) is 8.78 Å². The molecule has 7 heteroatoms. The van der Waals surface area contributed by atoms with Crippen molar-refractivity contribution in [3.63, 3.8) is 0 Å². The lowest BCUT2D eigenvalue weighted by Gasteiger charge is -2.16. The molecule has 1 N–H and O–H groups in total. The highest BCUT2D eigenvalue weighted by Gasteiger charge is 2.10. The van der Waals surface area contributed by atoms with Gasteiger partial charge in [0.15, 0.2) is 11.6 Å². The zero-order valence-corrected chi connectivity index (χ0v) is 11.6. The molecule has 0 unspecified atom stereocenters. The molecule has 0 aliphatic carbocycles. The standard InChI is InChI=1S/C14H17F2NO4/c1-17(7-6-14(19)20)13(18)3-2-8-21-12-5-4-10(15)9-11(12)16/h4-5,9H,2-3,6-8H2,1H3,(H,19,20). The number of halogens is 2. The minimum atomic E-state index is -0.968. The third-order valence-electron chi connectivity index (χ3n) is 2.77. The summed E-state index contributed by atoms with van der Waals surface area (Å²) in [6, 6.07) is 2.99. The highest BCUT2D eigenvalue weighted by molar-refractivity contribution is 5.76. The number of carbonyl (C=O) groups is 2. The Balaban J connectivity index is 2.27. The van der Waals surface area contributed by atoms with E-state index in [9.17, 15) is 18.4 Å². The number of carboxylic acids is 1. The summed E-state index contributed by atoms with van der Waals surface area (Å²) in [5.74, 6) is -2.72. The topological polar surface area (TPSA) is 66.8 Å². The molecule has 0 aliphatic heterocycles. The fourth-order valence-electron chi connectivity index (χ4n) is 1.58. The Morgan fingerprint density at radius 3 is 2.62 bits per heavy atom. The first-order valence-corrected chi connectivity index (χ1v) is 6.43. The summed E-state index contributed by atoms with van der Waals surface area (Å²) >= 11 is 0. The van der Waals surface area contributed by atoms with Crippen LogP contribution in [-0.4, -0.2) is 42.1 Å². The molecule has 0 spiro atoms. The lowest BCUT2D eigenvalue weighted by atomic mass is 10.2. The van der Waals surface area contributed by atoms with Gasteiger partial charge in [0.2, 0.25) is 5.91 Å². The number of nitrogens with zero attached hydrogens (tertiary/aromatic N) is 1. The molecule has 0 saturated heterocycles. The second-order valence-electron chi connectivity index (χ2n) is 4.49. The highest BCUT2D eigenvalue weighted by atomic mass is 19.1. The zero-order valence-electron chi connectivity index (χ0n) is 11.6. The first-order chi connectivity index (χ1) is 9.90. The van der Waals surface area contributed by atoms with Crippen molar-refractivity contribution >= 4 is 11.9 Å². The van der Waals surface area contributed by atoms with Crippen LogP contribution in [0.25, 0.3) is 0 Å². The van der Waals surface area contributed by atoms with E-state index in [-0.39, 0.29) is 37.6 Å². The lowest BCUT2D eigenvalue weighted by molar-refractivity contribution is -0.138. The van der Waals surface area contributed by atoms with Crippen LogP contribution in [-0.2, 0) is 9.59 Å². The number of ether oxygens (including phenoxy) is 1. The number of benzene rings is 1. The molecule has 5 nitrogen and oxygen atoms in total. The smallest absolute Gasteiger partial charge is 0.305 e. The summed E-state index contributed by atoms with van der Waals surface area (Å²) in [5.41, 5.74) is 0. The maximum absolute atomic E-state index is 13.2. The van der Waals surface area contributed by atoms with Gasteiger partial charge in [-0.3, -0.25) is 9.59 Å². The number of carbonyl (C=O) groups excluding carboxylic acids is 1. The van der Waals surface area contributed by atoms with Crippen molar-refractivity contribution in [1.82, 2.24) is 4.90 Å². The Morgan fingerprint density at radius 1 is 1.29 bits per heavy atom. The Kier molecular flexibility index (Phi) is 6.58. The molecule has 1 aromatic rings. The molecule has 1 amide bonds. The van der Waals surface area contributed by atoms with Crippen molar-refractivity contribution in [2.75, 3.05) is 20.2 Å². The van der Waals surface area contributed by atoms with Gasteiger partial charge in [-0.2, -0.15) is 0 Å².